The van der Waals surface area contributed by atoms with E-state index in [0.29, 0.717) is 17.5 Å². The van der Waals surface area contributed by atoms with Crippen molar-refractivity contribution in [3.8, 4) is 0 Å². The Morgan fingerprint density at radius 2 is 1.57 bits per heavy atom. The van der Waals surface area contributed by atoms with Crippen molar-refractivity contribution in [3.05, 3.63) is 95.4 Å². The number of ether oxygens (including phenoxy) is 4. The van der Waals surface area contributed by atoms with Crippen molar-refractivity contribution in [3.63, 3.8) is 0 Å². The first kappa shape index (κ1) is 36.6. The summed E-state index contributed by atoms with van der Waals surface area (Å²) in [4.78, 5) is 35.9. The summed E-state index contributed by atoms with van der Waals surface area (Å²) in [6.07, 6.45) is 10.0. The Morgan fingerprint density at radius 3 is 2.17 bits per heavy atom. The Bertz CT molecular complexity index is 1400. The van der Waals surface area contributed by atoms with Gasteiger partial charge in [0.2, 0.25) is 0 Å². The second-order valence-corrected chi connectivity index (χ2v) is 10.6. The van der Waals surface area contributed by atoms with E-state index in [1.807, 2.05) is 0 Å². The standard InChI is InChI=1S/C33H42N6O8/c1-6-32(40)46-18-16-44-30-22-29(37-35-27-15-14-26(20-23(27)5)38(8-3)9-4)31(45-17-19-47-33(41)7-2)21-28(30)36-34-24-10-12-25(13-11-24)39(42)43/h6-7,10-15,21-23,26-27,29,31H,1-2,8-9,16-20H2,3-5H3/b36-34+,37-35+. The van der Waals surface area contributed by atoms with Crippen molar-refractivity contribution in [1.82, 2.24) is 4.90 Å². The Morgan fingerprint density at radius 1 is 0.936 bits per heavy atom. The van der Waals surface area contributed by atoms with Crippen LogP contribution in [0.4, 0.5) is 11.4 Å². The number of likely N-dealkylation sites (N-methyl/N-ethyl adjacent to an activating group) is 1. The number of nitrogens with zero attached hydrogens (tertiary/aromatic N) is 6. The summed E-state index contributed by atoms with van der Waals surface area (Å²) in [6, 6.07) is 5.14. The van der Waals surface area contributed by atoms with Crippen LogP contribution in [-0.2, 0) is 28.5 Å². The van der Waals surface area contributed by atoms with E-state index in [1.54, 1.807) is 12.2 Å². The lowest BCUT2D eigenvalue weighted by Crippen LogP contribution is -2.38. The average molecular weight is 651 g/mol. The summed E-state index contributed by atoms with van der Waals surface area (Å²) < 4.78 is 22.1. The third kappa shape index (κ3) is 11.5. The van der Waals surface area contributed by atoms with Gasteiger partial charge in [-0.25, -0.2) is 9.59 Å². The lowest BCUT2D eigenvalue weighted by atomic mass is 9.88. The molecule has 0 amide bonds. The highest BCUT2D eigenvalue weighted by Gasteiger charge is 2.30. The lowest BCUT2D eigenvalue weighted by molar-refractivity contribution is -0.384. The predicted molar refractivity (Wildman–Crippen MR) is 174 cm³/mol. The molecule has 0 aliphatic heterocycles. The number of non-ortho nitro benzene ring substituents is 1. The first-order valence-corrected chi connectivity index (χ1v) is 15.4. The highest BCUT2D eigenvalue weighted by Crippen LogP contribution is 2.30. The highest BCUT2D eigenvalue weighted by molar-refractivity contribution is 5.81. The fraction of sp³-hybridized carbons (Fsp3) is 0.455. The number of azo groups is 2. The van der Waals surface area contributed by atoms with Crippen LogP contribution in [0.2, 0.25) is 0 Å². The molecule has 1 aromatic carbocycles. The van der Waals surface area contributed by atoms with Crippen molar-refractivity contribution in [2.45, 2.75) is 51.4 Å². The molecular formula is C33H42N6O8. The summed E-state index contributed by atoms with van der Waals surface area (Å²) in [6.45, 7) is 15.1. The van der Waals surface area contributed by atoms with Gasteiger partial charge < -0.3 is 18.9 Å². The molecule has 0 saturated carbocycles. The smallest absolute Gasteiger partial charge is 0.330 e. The molecule has 1 aromatic rings. The van der Waals surface area contributed by atoms with Crippen LogP contribution in [-0.4, -0.2) is 85.5 Å². The Hall–Kier alpha value is -4.82. The third-order valence-electron chi connectivity index (χ3n) is 7.47. The van der Waals surface area contributed by atoms with Gasteiger partial charge in [0.15, 0.2) is 0 Å². The van der Waals surface area contributed by atoms with Crippen LogP contribution < -0.4 is 0 Å². The van der Waals surface area contributed by atoms with E-state index < -0.39 is 29.0 Å². The van der Waals surface area contributed by atoms with Crippen LogP contribution in [0.15, 0.2) is 106 Å². The number of carbonyl (C=O) groups excluding carboxylic acids is 2. The van der Waals surface area contributed by atoms with Crippen molar-refractivity contribution in [2.75, 3.05) is 39.5 Å². The normalized spacial score (nSPS) is 22.5. The maximum absolute atomic E-state index is 11.5. The Kier molecular flexibility index (Phi) is 14.8. The molecular weight excluding hydrogens is 608 g/mol. The van der Waals surface area contributed by atoms with Crippen molar-refractivity contribution < 1.29 is 33.5 Å². The molecule has 252 valence electrons. The van der Waals surface area contributed by atoms with Gasteiger partial charge in [0, 0.05) is 30.3 Å². The average Bonchev–Trinajstić information content (AvgIpc) is 3.08. The lowest BCUT2D eigenvalue weighted by Gasteiger charge is -2.34. The summed E-state index contributed by atoms with van der Waals surface area (Å²) in [5, 5.41) is 28.9. The number of rotatable bonds is 18. The number of hydrogen-bond acceptors (Lipinski definition) is 13. The SMILES string of the molecule is C=CC(=O)OCCOC1=CC(/N=N/C2C=CC(N(CC)CC)CC2C)C(OCCOC(=O)C=C)C=C1/N=N/c1ccc([N+](=O)[O-])cc1. The van der Waals surface area contributed by atoms with E-state index in [4.69, 9.17) is 18.9 Å². The first-order chi connectivity index (χ1) is 22.7. The third-order valence-corrected chi connectivity index (χ3v) is 7.47. The van der Waals surface area contributed by atoms with Crippen molar-refractivity contribution in [1.29, 1.82) is 0 Å². The van der Waals surface area contributed by atoms with E-state index in [0.717, 1.165) is 31.7 Å². The predicted octanol–water partition coefficient (Wildman–Crippen LogP) is 5.82. The monoisotopic (exact) mass is 650 g/mol. The highest BCUT2D eigenvalue weighted by atomic mass is 16.6. The van der Waals surface area contributed by atoms with Crippen molar-refractivity contribution in [2.24, 2.45) is 26.4 Å². The molecule has 2 aliphatic rings. The van der Waals surface area contributed by atoms with Gasteiger partial charge in [-0.3, -0.25) is 15.0 Å². The minimum atomic E-state index is -0.691. The molecule has 3 rings (SSSR count). The summed E-state index contributed by atoms with van der Waals surface area (Å²) in [7, 11) is 0. The molecule has 0 fully saturated rings. The molecule has 14 nitrogen and oxygen atoms in total. The van der Waals surface area contributed by atoms with E-state index >= 15 is 0 Å². The number of carbonyl (C=O) groups is 2. The van der Waals surface area contributed by atoms with Crippen LogP contribution in [0, 0.1) is 16.0 Å². The molecule has 0 saturated heterocycles. The first-order valence-electron chi connectivity index (χ1n) is 15.4. The zero-order valence-corrected chi connectivity index (χ0v) is 27.0. The molecule has 2 aliphatic carbocycles. The van der Waals surface area contributed by atoms with Gasteiger partial charge in [0.1, 0.15) is 43.4 Å². The van der Waals surface area contributed by atoms with Gasteiger partial charge in [0.05, 0.1) is 23.3 Å². The van der Waals surface area contributed by atoms with Crippen molar-refractivity contribution >= 4 is 23.3 Å². The summed E-state index contributed by atoms with van der Waals surface area (Å²) in [5.41, 5.74) is 0.571. The van der Waals surface area contributed by atoms with Crippen LogP contribution >= 0.6 is 0 Å². The number of nitro benzene ring substituents is 1. The molecule has 0 heterocycles. The fourth-order valence-electron chi connectivity index (χ4n) is 4.91. The molecule has 0 N–H and O–H groups in total. The number of benzene rings is 1. The molecule has 47 heavy (non-hydrogen) atoms. The minimum absolute atomic E-state index is 0.00214. The molecule has 5 atom stereocenters. The zero-order valence-electron chi connectivity index (χ0n) is 27.0. The largest absolute Gasteiger partial charge is 0.488 e. The fourth-order valence-corrected chi connectivity index (χ4v) is 4.91. The van der Waals surface area contributed by atoms with E-state index in [-0.39, 0.29) is 49.8 Å². The van der Waals surface area contributed by atoms with Gasteiger partial charge in [-0.15, -0.1) is 5.11 Å². The topological polar surface area (TPSA) is 167 Å². The molecule has 0 radical (unpaired) electrons. The van der Waals surface area contributed by atoms with E-state index in [2.05, 4.69) is 71.4 Å². The maximum atomic E-state index is 11.5. The summed E-state index contributed by atoms with van der Waals surface area (Å²) >= 11 is 0. The quantitative estimate of drug-likeness (QED) is 0.0362. The summed E-state index contributed by atoms with van der Waals surface area (Å²) in [5.74, 6) is -0.622. The Balaban J connectivity index is 1.88. The van der Waals surface area contributed by atoms with E-state index in [1.165, 1.54) is 24.3 Å². The van der Waals surface area contributed by atoms with Gasteiger partial charge in [-0.2, -0.15) is 15.3 Å². The Labute approximate surface area is 274 Å². The second-order valence-electron chi connectivity index (χ2n) is 10.6. The molecule has 0 spiro atoms. The number of esters is 2. The van der Waals surface area contributed by atoms with Crippen LogP contribution in [0.5, 0.6) is 0 Å². The van der Waals surface area contributed by atoms with Crippen LogP contribution in [0.1, 0.15) is 27.2 Å². The minimum Gasteiger partial charge on any atom is -0.488 e. The molecule has 0 aromatic heterocycles. The maximum Gasteiger partial charge on any atom is 0.330 e. The molecule has 5 unspecified atom stereocenters. The van der Waals surface area contributed by atoms with Gasteiger partial charge >= 0.3 is 11.9 Å². The number of nitro groups is 1. The van der Waals surface area contributed by atoms with E-state index in [9.17, 15) is 19.7 Å². The zero-order chi connectivity index (χ0) is 34.2. The molecule has 14 heteroatoms. The van der Waals surface area contributed by atoms with Crippen LogP contribution in [0.25, 0.3) is 0 Å². The van der Waals surface area contributed by atoms with Gasteiger partial charge in [-0.1, -0.05) is 46.1 Å². The number of hydrogen-bond donors (Lipinski definition) is 0. The second kappa shape index (κ2) is 19.0. The van der Waals surface area contributed by atoms with Gasteiger partial charge in [-0.05, 0) is 49.7 Å². The van der Waals surface area contributed by atoms with Crippen LogP contribution in [0.3, 0.4) is 0 Å². The van der Waals surface area contributed by atoms with Gasteiger partial charge in [0.25, 0.3) is 5.69 Å². The molecule has 0 bridgehead atoms.